The smallest absolute Gasteiger partial charge is 0.191 e. The molecule has 1 aromatic rings. The van der Waals surface area contributed by atoms with Crippen molar-refractivity contribution in [3.05, 3.63) is 6.07 Å². The Bertz CT molecular complexity index is 422. The average Bonchev–Trinajstić information content (AvgIpc) is 2.74. The minimum absolute atomic E-state index is 0. The number of hydrogen-bond acceptors (Lipinski definition) is 6. The van der Waals surface area contributed by atoms with Gasteiger partial charge in [0.05, 0.1) is 0 Å². The van der Waals surface area contributed by atoms with E-state index in [2.05, 4.69) is 22.2 Å². The van der Waals surface area contributed by atoms with Crippen LogP contribution in [0.4, 0.5) is 11.6 Å². The molecule has 0 aliphatic heterocycles. The summed E-state index contributed by atoms with van der Waals surface area (Å²) in [5, 5.41) is 4.18. The first-order valence-corrected chi connectivity index (χ1v) is 7.95. The third kappa shape index (κ3) is 6.91. The summed E-state index contributed by atoms with van der Waals surface area (Å²) in [6.45, 7) is 2.18. The van der Waals surface area contributed by atoms with E-state index in [-0.39, 0.29) is 24.8 Å². The Morgan fingerprint density at radius 2 is 2.10 bits per heavy atom. The molecule has 1 heterocycles. The van der Waals surface area contributed by atoms with Crippen molar-refractivity contribution in [1.29, 1.82) is 0 Å². The van der Waals surface area contributed by atoms with Gasteiger partial charge in [0.25, 0.3) is 0 Å². The summed E-state index contributed by atoms with van der Waals surface area (Å²) in [7, 11) is 0. The first-order chi connectivity index (χ1) is 9.17. The molecular weight excluding hydrogens is 329 g/mol. The minimum atomic E-state index is 0. The molecule has 1 aliphatic carbocycles. The summed E-state index contributed by atoms with van der Waals surface area (Å²) in [4.78, 5) is 8.77. The van der Waals surface area contributed by atoms with Crippen LogP contribution in [0.5, 0.6) is 0 Å². The largest absolute Gasteiger partial charge is 0.383 e. The van der Waals surface area contributed by atoms with Crippen molar-refractivity contribution in [2.24, 2.45) is 5.73 Å². The highest BCUT2D eigenvalue weighted by molar-refractivity contribution is 7.99. The SMILES string of the molecule is CCCCSc1nc(N)cc(N[C@@H]2CC[C@@H](N)C2)n1.Cl.Cl. The molecule has 21 heavy (non-hydrogen) atoms. The van der Waals surface area contributed by atoms with Crippen LogP contribution in [0, 0.1) is 0 Å². The molecule has 5 N–H and O–H groups in total. The Hall–Kier alpha value is -0.430. The van der Waals surface area contributed by atoms with Gasteiger partial charge in [-0.2, -0.15) is 0 Å². The molecular formula is C13H25Cl2N5S. The lowest BCUT2D eigenvalue weighted by molar-refractivity contribution is 0.685. The molecule has 122 valence electrons. The molecule has 0 amide bonds. The fraction of sp³-hybridized carbons (Fsp3) is 0.692. The third-order valence-corrected chi connectivity index (χ3v) is 4.21. The standard InChI is InChI=1S/C13H23N5S.2ClH/c1-2-3-6-19-13-17-11(15)8-12(18-13)16-10-5-4-9(14)7-10;;/h8-10H,2-7,14H2,1H3,(H3,15,16,17,18);2*1H/t9-,10-;;/m1../s1. The number of nitrogens with zero attached hydrogens (tertiary/aromatic N) is 2. The van der Waals surface area contributed by atoms with E-state index in [1.807, 2.05) is 0 Å². The van der Waals surface area contributed by atoms with Crippen LogP contribution < -0.4 is 16.8 Å². The van der Waals surface area contributed by atoms with Gasteiger partial charge in [0, 0.05) is 23.9 Å². The summed E-state index contributed by atoms with van der Waals surface area (Å²) >= 11 is 1.66. The number of unbranched alkanes of at least 4 members (excludes halogenated alkanes) is 1. The van der Waals surface area contributed by atoms with Gasteiger partial charge in [-0.1, -0.05) is 25.1 Å². The second kappa shape index (κ2) is 10.3. The van der Waals surface area contributed by atoms with Gasteiger partial charge < -0.3 is 16.8 Å². The van der Waals surface area contributed by atoms with E-state index < -0.39 is 0 Å². The summed E-state index contributed by atoms with van der Waals surface area (Å²) < 4.78 is 0. The predicted molar refractivity (Wildman–Crippen MR) is 95.8 cm³/mol. The van der Waals surface area contributed by atoms with Crippen LogP contribution in [-0.2, 0) is 0 Å². The number of rotatable bonds is 6. The highest BCUT2D eigenvalue weighted by Gasteiger charge is 2.21. The van der Waals surface area contributed by atoms with Crippen LogP contribution >= 0.6 is 36.6 Å². The lowest BCUT2D eigenvalue weighted by atomic mass is 10.2. The highest BCUT2D eigenvalue weighted by atomic mass is 35.5. The summed E-state index contributed by atoms with van der Waals surface area (Å²) in [6, 6.07) is 2.53. The first kappa shape index (κ1) is 20.6. The van der Waals surface area contributed by atoms with E-state index in [1.165, 1.54) is 12.8 Å². The average molecular weight is 354 g/mol. The summed E-state index contributed by atoms with van der Waals surface area (Å²) in [6.07, 6.45) is 5.53. The van der Waals surface area contributed by atoms with Crippen molar-refractivity contribution in [1.82, 2.24) is 9.97 Å². The lowest BCUT2D eigenvalue weighted by Crippen LogP contribution is -2.21. The van der Waals surface area contributed by atoms with Gasteiger partial charge in [-0.25, -0.2) is 9.97 Å². The quantitative estimate of drug-likeness (QED) is 0.413. The molecule has 2 atom stereocenters. The molecule has 0 bridgehead atoms. The zero-order valence-corrected chi connectivity index (χ0v) is 14.7. The molecule has 2 rings (SSSR count). The van der Waals surface area contributed by atoms with Gasteiger partial charge in [-0.15, -0.1) is 24.8 Å². The molecule has 1 aromatic heterocycles. The Morgan fingerprint density at radius 3 is 2.71 bits per heavy atom. The molecule has 5 nitrogen and oxygen atoms in total. The van der Waals surface area contributed by atoms with Crippen molar-refractivity contribution in [3.63, 3.8) is 0 Å². The molecule has 1 saturated carbocycles. The second-order valence-corrected chi connectivity index (χ2v) is 6.14. The minimum Gasteiger partial charge on any atom is -0.383 e. The fourth-order valence-corrected chi connectivity index (χ4v) is 3.19. The Balaban J connectivity index is 0.00000200. The number of thioether (sulfide) groups is 1. The number of nitrogen functional groups attached to an aromatic ring is 1. The number of aromatic nitrogens is 2. The van der Waals surface area contributed by atoms with Crippen LogP contribution in [0.25, 0.3) is 0 Å². The van der Waals surface area contributed by atoms with Gasteiger partial charge in [-0.05, 0) is 25.7 Å². The van der Waals surface area contributed by atoms with Gasteiger partial charge in [0.1, 0.15) is 11.6 Å². The van der Waals surface area contributed by atoms with Gasteiger partial charge in [-0.3, -0.25) is 0 Å². The number of nitrogens with two attached hydrogens (primary N) is 2. The molecule has 0 aromatic carbocycles. The van der Waals surface area contributed by atoms with Crippen molar-refractivity contribution in [3.8, 4) is 0 Å². The van der Waals surface area contributed by atoms with Crippen molar-refractivity contribution < 1.29 is 0 Å². The summed E-state index contributed by atoms with van der Waals surface area (Å²) in [5.74, 6) is 2.39. The molecule has 1 aliphatic rings. The Kier molecular flexibility index (Phi) is 10.1. The van der Waals surface area contributed by atoms with E-state index in [4.69, 9.17) is 11.5 Å². The number of halogens is 2. The van der Waals surface area contributed by atoms with Crippen molar-refractivity contribution in [2.45, 2.75) is 56.3 Å². The zero-order valence-electron chi connectivity index (χ0n) is 12.2. The molecule has 0 radical (unpaired) electrons. The number of nitrogens with one attached hydrogen (secondary N) is 1. The van der Waals surface area contributed by atoms with Crippen LogP contribution in [0.2, 0.25) is 0 Å². The van der Waals surface area contributed by atoms with Gasteiger partial charge in [0.2, 0.25) is 0 Å². The maximum atomic E-state index is 5.92. The van der Waals surface area contributed by atoms with Crippen LogP contribution in [0.3, 0.4) is 0 Å². The lowest BCUT2D eigenvalue weighted by Gasteiger charge is -2.14. The normalized spacial score (nSPS) is 20.5. The monoisotopic (exact) mass is 353 g/mol. The summed E-state index contributed by atoms with van der Waals surface area (Å²) in [5.41, 5.74) is 11.8. The van der Waals surface area contributed by atoms with E-state index in [0.717, 1.165) is 36.0 Å². The van der Waals surface area contributed by atoms with Crippen LogP contribution in [0.15, 0.2) is 11.2 Å². The van der Waals surface area contributed by atoms with E-state index in [0.29, 0.717) is 17.9 Å². The first-order valence-electron chi connectivity index (χ1n) is 6.97. The topological polar surface area (TPSA) is 89.8 Å². The van der Waals surface area contributed by atoms with E-state index >= 15 is 0 Å². The number of anilines is 2. The van der Waals surface area contributed by atoms with Crippen LogP contribution in [-0.4, -0.2) is 27.8 Å². The third-order valence-electron chi connectivity index (χ3n) is 3.28. The molecule has 8 heteroatoms. The maximum absolute atomic E-state index is 5.92. The Morgan fingerprint density at radius 1 is 1.33 bits per heavy atom. The molecule has 1 fully saturated rings. The molecule has 0 saturated heterocycles. The maximum Gasteiger partial charge on any atom is 0.191 e. The second-order valence-electron chi connectivity index (χ2n) is 5.08. The van der Waals surface area contributed by atoms with E-state index in [9.17, 15) is 0 Å². The van der Waals surface area contributed by atoms with Crippen molar-refractivity contribution >= 4 is 48.2 Å². The van der Waals surface area contributed by atoms with Gasteiger partial charge in [0.15, 0.2) is 5.16 Å². The molecule has 0 spiro atoms. The number of hydrogen-bond donors (Lipinski definition) is 3. The fourth-order valence-electron chi connectivity index (χ4n) is 2.25. The Labute approximate surface area is 143 Å². The van der Waals surface area contributed by atoms with Gasteiger partial charge >= 0.3 is 0 Å². The predicted octanol–water partition coefficient (Wildman–Crippen LogP) is 3.09. The highest BCUT2D eigenvalue weighted by Crippen LogP contribution is 2.23. The zero-order chi connectivity index (χ0) is 13.7. The molecule has 0 unspecified atom stereocenters. The van der Waals surface area contributed by atoms with E-state index in [1.54, 1.807) is 17.8 Å². The van der Waals surface area contributed by atoms with Crippen molar-refractivity contribution in [2.75, 3.05) is 16.8 Å². The van der Waals surface area contributed by atoms with Crippen LogP contribution in [0.1, 0.15) is 39.0 Å².